The number of carbonyl (C=O) groups is 1. The summed E-state index contributed by atoms with van der Waals surface area (Å²) in [5, 5.41) is 10.1. The molecule has 1 atom stereocenters. The molecule has 2 N–H and O–H groups in total. The van der Waals surface area contributed by atoms with Crippen molar-refractivity contribution in [1.82, 2.24) is 4.98 Å². The topological polar surface area (TPSA) is 71.6 Å². The number of aromatic nitrogens is 1. The third kappa shape index (κ3) is 4.08. The van der Waals surface area contributed by atoms with Crippen molar-refractivity contribution in [1.29, 1.82) is 0 Å². The number of ether oxygens (including phenoxy) is 2. The molecule has 0 amide bonds. The normalized spacial score (nSPS) is 15.6. The van der Waals surface area contributed by atoms with Gasteiger partial charge in [-0.15, -0.1) is 0 Å². The van der Waals surface area contributed by atoms with Crippen LogP contribution >= 0.6 is 0 Å². The first-order valence-electron chi connectivity index (χ1n) is 9.36. The molecule has 0 bridgehead atoms. The molecular weight excluding hydrogens is 342 g/mol. The van der Waals surface area contributed by atoms with Gasteiger partial charge in [0.05, 0.1) is 19.6 Å². The SMILES string of the molecule is O=C(O)C[C@@H]1CCc2cc(OCCCOc3ccc4[nH]ccc4c3)ccc21. The van der Waals surface area contributed by atoms with Crippen molar-refractivity contribution < 1.29 is 19.4 Å². The van der Waals surface area contributed by atoms with Gasteiger partial charge in [-0.1, -0.05) is 6.07 Å². The van der Waals surface area contributed by atoms with Crippen LogP contribution in [0.3, 0.4) is 0 Å². The van der Waals surface area contributed by atoms with Crippen LogP contribution in [0, 0.1) is 0 Å². The first-order chi connectivity index (χ1) is 13.2. The maximum absolute atomic E-state index is 10.9. The number of carboxylic acids is 1. The van der Waals surface area contributed by atoms with E-state index in [2.05, 4.69) is 11.1 Å². The molecule has 5 nitrogen and oxygen atoms in total. The van der Waals surface area contributed by atoms with Gasteiger partial charge in [0, 0.05) is 23.5 Å². The van der Waals surface area contributed by atoms with E-state index in [1.807, 2.05) is 42.6 Å². The molecule has 1 aromatic heterocycles. The van der Waals surface area contributed by atoms with Crippen LogP contribution in [0.5, 0.6) is 11.5 Å². The fourth-order valence-electron chi connectivity index (χ4n) is 3.75. The molecule has 5 heteroatoms. The van der Waals surface area contributed by atoms with Crippen molar-refractivity contribution >= 4 is 16.9 Å². The van der Waals surface area contributed by atoms with Gasteiger partial charge in [0.2, 0.25) is 0 Å². The van der Waals surface area contributed by atoms with Gasteiger partial charge in [-0.05, 0) is 66.3 Å². The third-order valence-corrected chi connectivity index (χ3v) is 5.09. The number of carboxylic acid groups (broad SMARTS) is 1. The first-order valence-corrected chi connectivity index (χ1v) is 9.36. The predicted octanol–water partition coefficient (Wildman–Crippen LogP) is 4.52. The molecule has 27 heavy (non-hydrogen) atoms. The average Bonchev–Trinajstić information content (AvgIpc) is 3.27. The van der Waals surface area contributed by atoms with Crippen LogP contribution in [0.2, 0.25) is 0 Å². The number of benzene rings is 2. The lowest BCUT2D eigenvalue weighted by Gasteiger charge is -2.11. The molecule has 0 saturated carbocycles. The van der Waals surface area contributed by atoms with Gasteiger partial charge in [0.1, 0.15) is 11.5 Å². The Hall–Kier alpha value is -2.95. The number of hydrogen-bond acceptors (Lipinski definition) is 3. The number of aliphatic carboxylic acids is 1. The fraction of sp³-hybridized carbons (Fsp3) is 0.318. The Balaban J connectivity index is 1.24. The van der Waals surface area contributed by atoms with Gasteiger partial charge >= 0.3 is 5.97 Å². The Kier molecular flexibility index (Phi) is 5.01. The molecule has 0 fully saturated rings. The second kappa shape index (κ2) is 7.74. The molecule has 3 aromatic rings. The molecule has 0 aliphatic heterocycles. The minimum Gasteiger partial charge on any atom is -0.493 e. The van der Waals surface area contributed by atoms with Crippen LogP contribution in [-0.2, 0) is 11.2 Å². The smallest absolute Gasteiger partial charge is 0.303 e. The zero-order chi connectivity index (χ0) is 18.6. The van der Waals surface area contributed by atoms with Gasteiger partial charge < -0.3 is 19.6 Å². The van der Waals surface area contributed by atoms with E-state index < -0.39 is 5.97 Å². The molecule has 0 saturated heterocycles. The van der Waals surface area contributed by atoms with E-state index >= 15 is 0 Å². The van der Waals surface area contributed by atoms with Crippen LogP contribution in [0.15, 0.2) is 48.7 Å². The molecule has 2 aromatic carbocycles. The number of hydrogen-bond donors (Lipinski definition) is 2. The Bertz CT molecular complexity index is 946. The van der Waals surface area contributed by atoms with E-state index in [-0.39, 0.29) is 12.3 Å². The number of rotatable bonds is 8. The minimum absolute atomic E-state index is 0.136. The van der Waals surface area contributed by atoms with Crippen LogP contribution in [0.25, 0.3) is 10.9 Å². The highest BCUT2D eigenvalue weighted by Crippen LogP contribution is 2.37. The highest BCUT2D eigenvalue weighted by Gasteiger charge is 2.24. The monoisotopic (exact) mass is 365 g/mol. The third-order valence-electron chi connectivity index (χ3n) is 5.09. The lowest BCUT2D eigenvalue weighted by atomic mass is 9.98. The van der Waals surface area contributed by atoms with Crippen LogP contribution in [-0.4, -0.2) is 29.3 Å². The minimum atomic E-state index is -0.733. The zero-order valence-electron chi connectivity index (χ0n) is 15.1. The van der Waals surface area contributed by atoms with E-state index in [0.29, 0.717) is 13.2 Å². The van der Waals surface area contributed by atoms with Crippen molar-refractivity contribution in [3.8, 4) is 11.5 Å². The summed E-state index contributed by atoms with van der Waals surface area (Å²) in [7, 11) is 0. The molecule has 0 radical (unpaired) electrons. The molecule has 0 unspecified atom stereocenters. The van der Waals surface area contributed by atoms with E-state index in [4.69, 9.17) is 14.6 Å². The lowest BCUT2D eigenvalue weighted by molar-refractivity contribution is -0.137. The van der Waals surface area contributed by atoms with E-state index in [0.717, 1.165) is 47.2 Å². The number of aryl methyl sites for hydroxylation is 1. The highest BCUT2D eigenvalue weighted by molar-refractivity contribution is 5.80. The van der Waals surface area contributed by atoms with Crippen LogP contribution in [0.1, 0.15) is 36.3 Å². The van der Waals surface area contributed by atoms with Crippen molar-refractivity contribution in [2.75, 3.05) is 13.2 Å². The molecule has 1 heterocycles. The second-order valence-electron chi connectivity index (χ2n) is 6.97. The fourth-order valence-corrected chi connectivity index (χ4v) is 3.75. The summed E-state index contributed by atoms with van der Waals surface area (Å²) >= 11 is 0. The van der Waals surface area contributed by atoms with Gasteiger partial charge in [-0.3, -0.25) is 4.79 Å². The number of H-pyrrole nitrogens is 1. The first kappa shape index (κ1) is 17.5. The van der Waals surface area contributed by atoms with Crippen molar-refractivity contribution in [2.24, 2.45) is 0 Å². The summed E-state index contributed by atoms with van der Waals surface area (Å²) < 4.78 is 11.6. The second-order valence-corrected chi connectivity index (χ2v) is 6.97. The van der Waals surface area contributed by atoms with Crippen molar-refractivity contribution in [2.45, 2.75) is 31.6 Å². The van der Waals surface area contributed by atoms with Crippen molar-refractivity contribution in [3.05, 3.63) is 59.8 Å². The maximum Gasteiger partial charge on any atom is 0.303 e. The van der Waals surface area contributed by atoms with Crippen LogP contribution in [0.4, 0.5) is 0 Å². The largest absolute Gasteiger partial charge is 0.493 e. The van der Waals surface area contributed by atoms with Gasteiger partial charge in [0.25, 0.3) is 0 Å². The Labute approximate surface area is 157 Å². The van der Waals surface area contributed by atoms with Gasteiger partial charge in [0.15, 0.2) is 0 Å². The maximum atomic E-state index is 10.9. The Morgan fingerprint density at radius 3 is 2.67 bits per heavy atom. The quantitative estimate of drug-likeness (QED) is 0.576. The Morgan fingerprint density at radius 1 is 1.07 bits per heavy atom. The Morgan fingerprint density at radius 2 is 1.85 bits per heavy atom. The van der Waals surface area contributed by atoms with Crippen LogP contribution < -0.4 is 9.47 Å². The van der Waals surface area contributed by atoms with E-state index in [9.17, 15) is 4.79 Å². The number of nitrogens with one attached hydrogen (secondary N) is 1. The summed E-state index contributed by atoms with van der Waals surface area (Å²) in [5.74, 6) is 1.11. The summed E-state index contributed by atoms with van der Waals surface area (Å²) in [6.45, 7) is 1.19. The molecule has 140 valence electrons. The summed E-state index contributed by atoms with van der Waals surface area (Å²) in [6, 6.07) is 14.1. The van der Waals surface area contributed by atoms with Gasteiger partial charge in [-0.25, -0.2) is 0 Å². The standard InChI is InChI=1S/C22H23NO4/c24-22(25)14-16-3-2-15-12-18(4-6-20(15)16)26-10-1-11-27-19-5-7-21-17(13-19)8-9-23-21/h4-9,12-13,16,23H,1-3,10-11,14H2,(H,24,25)/t16-/m0/s1. The van der Waals surface area contributed by atoms with E-state index in [1.165, 1.54) is 5.56 Å². The van der Waals surface area contributed by atoms with Gasteiger partial charge in [-0.2, -0.15) is 0 Å². The molecule has 0 spiro atoms. The zero-order valence-corrected chi connectivity index (χ0v) is 15.1. The molecule has 4 rings (SSSR count). The number of fused-ring (bicyclic) bond motifs is 2. The van der Waals surface area contributed by atoms with Crippen molar-refractivity contribution in [3.63, 3.8) is 0 Å². The summed E-state index contributed by atoms with van der Waals surface area (Å²) in [4.78, 5) is 14.1. The van der Waals surface area contributed by atoms with E-state index in [1.54, 1.807) is 0 Å². The highest BCUT2D eigenvalue weighted by atomic mass is 16.5. The predicted molar refractivity (Wildman–Crippen MR) is 104 cm³/mol. The molecular formula is C22H23NO4. The lowest BCUT2D eigenvalue weighted by Crippen LogP contribution is -2.05. The number of aromatic amines is 1. The molecule has 1 aliphatic carbocycles. The average molecular weight is 365 g/mol. The summed E-state index contributed by atoms with van der Waals surface area (Å²) in [5.41, 5.74) is 3.48. The molecule has 1 aliphatic rings. The summed E-state index contributed by atoms with van der Waals surface area (Å²) in [6.07, 6.45) is 4.76.